The summed E-state index contributed by atoms with van der Waals surface area (Å²) >= 11 is 0. The van der Waals surface area contributed by atoms with E-state index in [2.05, 4.69) is 15.3 Å². The monoisotopic (exact) mass is 272 g/mol. The number of carbonyl (C=O) groups is 1. The van der Waals surface area contributed by atoms with Crippen molar-refractivity contribution in [3.05, 3.63) is 47.9 Å². The van der Waals surface area contributed by atoms with E-state index in [4.69, 9.17) is 10.5 Å². The van der Waals surface area contributed by atoms with Crippen molar-refractivity contribution >= 4 is 11.7 Å². The average Bonchev–Trinajstić information content (AvgIpc) is 2.47. The van der Waals surface area contributed by atoms with Gasteiger partial charge in [0.15, 0.2) is 0 Å². The average molecular weight is 272 g/mol. The summed E-state index contributed by atoms with van der Waals surface area (Å²) in [4.78, 5) is 19.7. The van der Waals surface area contributed by atoms with Crippen molar-refractivity contribution in [2.75, 3.05) is 11.9 Å². The number of rotatable bonds is 6. The van der Waals surface area contributed by atoms with Crippen molar-refractivity contribution in [3.63, 3.8) is 0 Å². The second-order valence-electron chi connectivity index (χ2n) is 4.07. The fourth-order valence-electron chi connectivity index (χ4n) is 1.65. The highest BCUT2D eigenvalue weighted by molar-refractivity contribution is 5.95. The minimum absolute atomic E-state index is 0.226. The first-order valence-electron chi connectivity index (χ1n) is 6.27. The molecule has 0 saturated carbocycles. The Kier molecular flexibility index (Phi) is 4.49. The van der Waals surface area contributed by atoms with Gasteiger partial charge in [0.05, 0.1) is 23.7 Å². The van der Waals surface area contributed by atoms with E-state index in [1.807, 2.05) is 6.92 Å². The molecule has 6 nitrogen and oxygen atoms in total. The smallest absolute Gasteiger partial charge is 0.252 e. The van der Waals surface area contributed by atoms with Crippen LogP contribution in [0.5, 0.6) is 5.75 Å². The molecule has 0 unspecified atom stereocenters. The van der Waals surface area contributed by atoms with Gasteiger partial charge >= 0.3 is 0 Å². The van der Waals surface area contributed by atoms with Crippen LogP contribution >= 0.6 is 0 Å². The fourth-order valence-corrected chi connectivity index (χ4v) is 1.65. The normalized spacial score (nSPS) is 10.1. The number of ether oxygens (including phenoxy) is 1. The van der Waals surface area contributed by atoms with E-state index >= 15 is 0 Å². The molecular weight excluding hydrogens is 256 g/mol. The van der Waals surface area contributed by atoms with E-state index in [9.17, 15) is 4.79 Å². The molecule has 1 aromatic carbocycles. The number of para-hydroxylation sites is 1. The van der Waals surface area contributed by atoms with E-state index < -0.39 is 5.91 Å². The van der Waals surface area contributed by atoms with Crippen LogP contribution in [0.1, 0.15) is 23.0 Å². The van der Waals surface area contributed by atoms with Gasteiger partial charge in [-0.25, -0.2) is 4.98 Å². The predicted molar refractivity (Wildman–Crippen MR) is 75.5 cm³/mol. The van der Waals surface area contributed by atoms with Gasteiger partial charge in [-0.05, 0) is 19.1 Å². The number of amides is 1. The number of hydrogen-bond acceptors (Lipinski definition) is 5. The summed E-state index contributed by atoms with van der Waals surface area (Å²) in [6.45, 7) is 3.00. The van der Waals surface area contributed by atoms with Crippen LogP contribution in [-0.4, -0.2) is 22.4 Å². The van der Waals surface area contributed by atoms with Gasteiger partial charge in [-0.3, -0.25) is 9.78 Å². The highest BCUT2D eigenvalue weighted by Gasteiger charge is 2.08. The van der Waals surface area contributed by atoms with Crippen LogP contribution in [-0.2, 0) is 6.61 Å². The molecule has 1 aromatic heterocycles. The topological polar surface area (TPSA) is 90.1 Å². The lowest BCUT2D eigenvalue weighted by Crippen LogP contribution is -2.13. The second-order valence-corrected chi connectivity index (χ2v) is 4.07. The van der Waals surface area contributed by atoms with Gasteiger partial charge in [0.1, 0.15) is 18.2 Å². The Hall–Kier alpha value is -2.63. The maximum absolute atomic E-state index is 11.3. The number of nitrogens with one attached hydrogen (secondary N) is 1. The lowest BCUT2D eigenvalue weighted by Gasteiger charge is -2.09. The predicted octanol–water partition coefficient (Wildman–Crippen LogP) is 1.59. The Bertz CT molecular complexity index is 584. The Morgan fingerprint density at radius 1 is 1.30 bits per heavy atom. The molecule has 0 spiro atoms. The molecule has 20 heavy (non-hydrogen) atoms. The van der Waals surface area contributed by atoms with Crippen LogP contribution in [0.25, 0.3) is 0 Å². The van der Waals surface area contributed by atoms with E-state index in [1.54, 1.807) is 36.7 Å². The van der Waals surface area contributed by atoms with Crippen molar-refractivity contribution < 1.29 is 9.53 Å². The van der Waals surface area contributed by atoms with Crippen molar-refractivity contribution in [2.45, 2.75) is 13.5 Å². The zero-order chi connectivity index (χ0) is 14.4. The van der Waals surface area contributed by atoms with Crippen molar-refractivity contribution in [3.8, 4) is 5.75 Å². The first-order valence-corrected chi connectivity index (χ1v) is 6.27. The first-order chi connectivity index (χ1) is 9.70. The molecule has 104 valence electrons. The Labute approximate surface area is 117 Å². The highest BCUT2D eigenvalue weighted by atomic mass is 16.5. The minimum atomic E-state index is -0.519. The molecule has 0 radical (unpaired) electrons. The molecule has 0 bridgehead atoms. The van der Waals surface area contributed by atoms with Gasteiger partial charge in [-0.1, -0.05) is 12.1 Å². The molecule has 0 aliphatic rings. The molecule has 2 rings (SSSR count). The molecule has 0 fully saturated rings. The highest BCUT2D eigenvalue weighted by Crippen LogP contribution is 2.18. The number of anilines is 1. The van der Waals surface area contributed by atoms with Crippen LogP contribution in [0.15, 0.2) is 36.7 Å². The van der Waals surface area contributed by atoms with Crippen LogP contribution in [0.4, 0.5) is 5.82 Å². The zero-order valence-corrected chi connectivity index (χ0v) is 11.2. The van der Waals surface area contributed by atoms with Crippen LogP contribution < -0.4 is 15.8 Å². The quantitative estimate of drug-likeness (QED) is 0.833. The van der Waals surface area contributed by atoms with Gasteiger partial charge in [-0.2, -0.15) is 0 Å². The maximum atomic E-state index is 11.3. The third-order valence-corrected chi connectivity index (χ3v) is 2.59. The van der Waals surface area contributed by atoms with Crippen molar-refractivity contribution in [1.29, 1.82) is 0 Å². The third kappa shape index (κ3) is 3.44. The number of nitrogens with two attached hydrogens (primary N) is 1. The van der Waals surface area contributed by atoms with Gasteiger partial charge < -0.3 is 15.8 Å². The van der Waals surface area contributed by atoms with Crippen LogP contribution in [0.3, 0.4) is 0 Å². The fraction of sp³-hybridized carbons (Fsp3) is 0.214. The number of benzene rings is 1. The third-order valence-electron chi connectivity index (χ3n) is 2.59. The SMILES string of the molecule is CCNc1cnc(COc2ccccc2C(N)=O)cn1. The summed E-state index contributed by atoms with van der Waals surface area (Å²) in [5.41, 5.74) is 6.31. The number of hydrogen-bond donors (Lipinski definition) is 2. The number of aromatic nitrogens is 2. The number of nitrogens with zero attached hydrogens (tertiary/aromatic N) is 2. The van der Waals surface area contributed by atoms with E-state index in [-0.39, 0.29) is 6.61 Å². The standard InChI is InChI=1S/C14H16N4O2/c1-2-16-13-8-17-10(7-18-13)9-20-12-6-4-3-5-11(12)14(15)19/h3-8H,2,9H2,1H3,(H2,15,19)(H,16,18). The first kappa shape index (κ1) is 13.8. The molecule has 1 amide bonds. The van der Waals surface area contributed by atoms with E-state index in [1.165, 1.54) is 0 Å². The number of primary amides is 1. The second kappa shape index (κ2) is 6.51. The summed E-state index contributed by atoms with van der Waals surface area (Å²) in [6.07, 6.45) is 3.27. The summed E-state index contributed by atoms with van der Waals surface area (Å²) in [6, 6.07) is 6.83. The lowest BCUT2D eigenvalue weighted by molar-refractivity contribution is 0.0996. The summed E-state index contributed by atoms with van der Waals surface area (Å²) in [5, 5.41) is 3.06. The Balaban J connectivity index is 2.03. The van der Waals surface area contributed by atoms with Crippen LogP contribution in [0, 0.1) is 0 Å². The van der Waals surface area contributed by atoms with Crippen molar-refractivity contribution in [2.24, 2.45) is 5.73 Å². The molecule has 0 saturated heterocycles. The lowest BCUT2D eigenvalue weighted by atomic mass is 10.2. The Morgan fingerprint density at radius 3 is 2.75 bits per heavy atom. The molecule has 2 aromatic rings. The number of carbonyl (C=O) groups excluding carboxylic acids is 1. The summed E-state index contributed by atoms with van der Waals surface area (Å²) in [5.74, 6) is 0.639. The summed E-state index contributed by atoms with van der Waals surface area (Å²) < 4.78 is 5.56. The molecule has 0 aliphatic heterocycles. The zero-order valence-electron chi connectivity index (χ0n) is 11.2. The minimum Gasteiger partial charge on any atom is -0.486 e. The largest absolute Gasteiger partial charge is 0.486 e. The van der Waals surface area contributed by atoms with Gasteiger partial charge in [-0.15, -0.1) is 0 Å². The van der Waals surface area contributed by atoms with Gasteiger partial charge in [0.25, 0.3) is 5.91 Å². The summed E-state index contributed by atoms with van der Waals surface area (Å²) in [7, 11) is 0. The van der Waals surface area contributed by atoms with Gasteiger partial charge in [0, 0.05) is 6.54 Å². The molecule has 1 heterocycles. The van der Waals surface area contributed by atoms with Gasteiger partial charge in [0.2, 0.25) is 0 Å². The molecule has 6 heteroatoms. The molecule has 0 aliphatic carbocycles. The maximum Gasteiger partial charge on any atom is 0.252 e. The van der Waals surface area contributed by atoms with Crippen LogP contribution in [0.2, 0.25) is 0 Å². The molecule has 0 atom stereocenters. The Morgan fingerprint density at radius 2 is 2.10 bits per heavy atom. The van der Waals surface area contributed by atoms with Crippen molar-refractivity contribution in [1.82, 2.24) is 9.97 Å². The van der Waals surface area contributed by atoms with E-state index in [0.717, 1.165) is 6.54 Å². The molecule has 3 N–H and O–H groups in total. The van der Waals surface area contributed by atoms with E-state index in [0.29, 0.717) is 22.8 Å². The molecular formula is C14H16N4O2.